The number of hydrogen-bond donors (Lipinski definition) is 3. The Hall–Kier alpha value is -2.14. The largest absolute Gasteiger partial charge is 0.393 e. The summed E-state index contributed by atoms with van der Waals surface area (Å²) in [5.41, 5.74) is 2.05. The molecule has 1 fully saturated rings. The fraction of sp³-hybridized carbons (Fsp3) is 0.353. The summed E-state index contributed by atoms with van der Waals surface area (Å²) in [4.78, 5) is 15.3. The van der Waals surface area contributed by atoms with Gasteiger partial charge >= 0.3 is 0 Å². The van der Waals surface area contributed by atoms with Gasteiger partial charge in [-0.25, -0.2) is 4.39 Å². The third kappa shape index (κ3) is 3.04. The van der Waals surface area contributed by atoms with Gasteiger partial charge in [0.1, 0.15) is 5.82 Å². The zero-order valence-electron chi connectivity index (χ0n) is 12.2. The molecule has 1 aliphatic rings. The number of rotatable bonds is 4. The van der Waals surface area contributed by atoms with Gasteiger partial charge in [-0.2, -0.15) is 0 Å². The zero-order chi connectivity index (χ0) is 15.5. The number of hydrogen-bond acceptors (Lipinski definition) is 2. The first kappa shape index (κ1) is 14.8. The maximum absolute atomic E-state index is 13.0. The minimum absolute atomic E-state index is 0.136. The molecule has 0 radical (unpaired) electrons. The summed E-state index contributed by atoms with van der Waals surface area (Å²) >= 11 is 0. The standard InChI is InChI=1S/C17H19FN2O2/c18-13-6-4-11(5-7-13)14-9-19-10-15(14)17(22)20-8-12-2-1-3-16(12)21/h4-7,9-10,12,16,19,21H,1-3,8H2,(H,20,22). The highest BCUT2D eigenvalue weighted by Crippen LogP contribution is 2.26. The van der Waals surface area contributed by atoms with Gasteiger partial charge in [0.05, 0.1) is 11.7 Å². The van der Waals surface area contributed by atoms with Crippen molar-refractivity contribution < 1.29 is 14.3 Å². The lowest BCUT2D eigenvalue weighted by Gasteiger charge is -2.15. The Morgan fingerprint density at radius 3 is 2.73 bits per heavy atom. The number of aromatic nitrogens is 1. The van der Waals surface area contributed by atoms with Crippen molar-refractivity contribution in [2.24, 2.45) is 5.92 Å². The van der Waals surface area contributed by atoms with Gasteiger partial charge in [0.25, 0.3) is 5.91 Å². The molecule has 116 valence electrons. The van der Waals surface area contributed by atoms with E-state index < -0.39 is 0 Å². The van der Waals surface area contributed by atoms with Crippen LogP contribution in [0.3, 0.4) is 0 Å². The van der Waals surface area contributed by atoms with E-state index in [0.717, 1.165) is 30.4 Å². The number of aliphatic hydroxyl groups excluding tert-OH is 1. The van der Waals surface area contributed by atoms with Gasteiger partial charge in [0.2, 0.25) is 0 Å². The van der Waals surface area contributed by atoms with E-state index in [0.29, 0.717) is 12.1 Å². The lowest BCUT2D eigenvalue weighted by molar-refractivity contribution is 0.0917. The van der Waals surface area contributed by atoms with Crippen LogP contribution < -0.4 is 5.32 Å². The molecule has 1 amide bonds. The van der Waals surface area contributed by atoms with E-state index >= 15 is 0 Å². The monoisotopic (exact) mass is 302 g/mol. The number of carbonyl (C=O) groups is 1. The highest BCUT2D eigenvalue weighted by molar-refractivity contribution is 6.00. The molecule has 2 aromatic rings. The highest BCUT2D eigenvalue weighted by atomic mass is 19.1. The summed E-state index contributed by atoms with van der Waals surface area (Å²) in [5.74, 6) is -0.350. The third-order valence-electron chi connectivity index (χ3n) is 4.29. The Labute approximate surface area is 128 Å². The second kappa shape index (κ2) is 6.32. The SMILES string of the molecule is O=C(NCC1CCCC1O)c1c[nH]cc1-c1ccc(F)cc1. The molecule has 2 unspecified atom stereocenters. The molecule has 1 aromatic heterocycles. The van der Waals surface area contributed by atoms with Crippen molar-refractivity contribution in [2.75, 3.05) is 6.54 Å². The molecule has 0 aliphatic heterocycles. The van der Waals surface area contributed by atoms with Crippen LogP contribution >= 0.6 is 0 Å². The summed E-state index contributed by atoms with van der Waals surface area (Å²) in [7, 11) is 0. The second-order valence-electron chi connectivity index (χ2n) is 5.76. The Balaban J connectivity index is 1.71. The average Bonchev–Trinajstić information content (AvgIpc) is 3.15. The normalized spacial score (nSPS) is 21.0. The van der Waals surface area contributed by atoms with Crippen molar-refractivity contribution in [2.45, 2.75) is 25.4 Å². The number of benzene rings is 1. The molecule has 5 heteroatoms. The van der Waals surface area contributed by atoms with Crippen LogP contribution in [-0.2, 0) is 0 Å². The minimum Gasteiger partial charge on any atom is -0.393 e. The van der Waals surface area contributed by atoms with Gasteiger partial charge < -0.3 is 15.4 Å². The molecule has 0 saturated heterocycles. The topological polar surface area (TPSA) is 65.1 Å². The molecular weight excluding hydrogens is 283 g/mol. The quantitative estimate of drug-likeness (QED) is 0.813. The van der Waals surface area contributed by atoms with Crippen LogP contribution in [-0.4, -0.2) is 28.6 Å². The highest BCUT2D eigenvalue weighted by Gasteiger charge is 2.25. The van der Waals surface area contributed by atoms with Crippen molar-refractivity contribution >= 4 is 5.91 Å². The molecular formula is C17H19FN2O2. The Bertz CT molecular complexity index is 651. The number of nitrogens with one attached hydrogen (secondary N) is 2. The van der Waals surface area contributed by atoms with E-state index in [1.165, 1.54) is 12.1 Å². The van der Waals surface area contributed by atoms with Crippen LogP contribution in [0.15, 0.2) is 36.7 Å². The number of carbonyl (C=O) groups excluding carboxylic acids is 1. The van der Waals surface area contributed by atoms with E-state index in [1.54, 1.807) is 24.5 Å². The predicted octanol–water partition coefficient (Wildman–Crippen LogP) is 2.71. The lowest BCUT2D eigenvalue weighted by atomic mass is 10.0. The minimum atomic E-state index is -0.317. The Kier molecular flexibility index (Phi) is 4.24. The number of aliphatic hydroxyl groups is 1. The summed E-state index contributed by atoms with van der Waals surface area (Å²) in [5, 5.41) is 12.7. The molecule has 4 nitrogen and oxygen atoms in total. The second-order valence-corrected chi connectivity index (χ2v) is 5.76. The first-order valence-electron chi connectivity index (χ1n) is 7.54. The third-order valence-corrected chi connectivity index (χ3v) is 4.29. The Morgan fingerprint density at radius 2 is 2.05 bits per heavy atom. The van der Waals surface area contributed by atoms with Crippen molar-refractivity contribution in [1.82, 2.24) is 10.3 Å². The smallest absolute Gasteiger partial charge is 0.253 e. The van der Waals surface area contributed by atoms with Crippen LogP contribution in [0.2, 0.25) is 0 Å². The zero-order valence-corrected chi connectivity index (χ0v) is 12.2. The van der Waals surface area contributed by atoms with Crippen molar-refractivity contribution in [1.29, 1.82) is 0 Å². The van der Waals surface area contributed by atoms with E-state index in [-0.39, 0.29) is 23.7 Å². The van der Waals surface area contributed by atoms with Crippen LogP contribution in [0, 0.1) is 11.7 Å². The molecule has 1 heterocycles. The van der Waals surface area contributed by atoms with E-state index in [9.17, 15) is 14.3 Å². The number of amides is 1. The molecule has 22 heavy (non-hydrogen) atoms. The number of aromatic amines is 1. The van der Waals surface area contributed by atoms with Crippen molar-refractivity contribution in [3.05, 3.63) is 48.0 Å². The summed E-state index contributed by atoms with van der Waals surface area (Å²) in [6.45, 7) is 0.480. The molecule has 3 rings (SSSR count). The van der Waals surface area contributed by atoms with Crippen LogP contribution in [0.1, 0.15) is 29.6 Å². The fourth-order valence-electron chi connectivity index (χ4n) is 2.99. The van der Waals surface area contributed by atoms with Gasteiger partial charge in [-0.05, 0) is 30.5 Å². The average molecular weight is 302 g/mol. The molecule has 0 spiro atoms. The van der Waals surface area contributed by atoms with E-state index in [1.807, 2.05) is 0 Å². The van der Waals surface area contributed by atoms with Crippen molar-refractivity contribution in [3.8, 4) is 11.1 Å². The fourth-order valence-corrected chi connectivity index (χ4v) is 2.99. The number of H-pyrrole nitrogens is 1. The van der Waals surface area contributed by atoms with Gasteiger partial charge in [0.15, 0.2) is 0 Å². The summed E-state index contributed by atoms with van der Waals surface area (Å²) in [6.07, 6.45) is 5.81. The summed E-state index contributed by atoms with van der Waals surface area (Å²) in [6, 6.07) is 6.05. The molecule has 0 bridgehead atoms. The molecule has 1 aliphatic carbocycles. The van der Waals surface area contributed by atoms with Gasteiger partial charge in [-0.1, -0.05) is 18.6 Å². The number of halogens is 1. The molecule has 1 saturated carbocycles. The predicted molar refractivity (Wildman–Crippen MR) is 81.9 cm³/mol. The maximum Gasteiger partial charge on any atom is 0.253 e. The van der Waals surface area contributed by atoms with Crippen LogP contribution in [0.5, 0.6) is 0 Å². The first-order valence-corrected chi connectivity index (χ1v) is 7.54. The van der Waals surface area contributed by atoms with Crippen LogP contribution in [0.4, 0.5) is 4.39 Å². The van der Waals surface area contributed by atoms with E-state index in [2.05, 4.69) is 10.3 Å². The van der Waals surface area contributed by atoms with Gasteiger partial charge in [-0.3, -0.25) is 4.79 Å². The van der Waals surface area contributed by atoms with Crippen molar-refractivity contribution in [3.63, 3.8) is 0 Å². The lowest BCUT2D eigenvalue weighted by Crippen LogP contribution is -2.32. The molecule has 1 aromatic carbocycles. The molecule has 3 N–H and O–H groups in total. The van der Waals surface area contributed by atoms with Crippen LogP contribution in [0.25, 0.3) is 11.1 Å². The first-order chi connectivity index (χ1) is 10.6. The summed E-state index contributed by atoms with van der Waals surface area (Å²) < 4.78 is 13.0. The van der Waals surface area contributed by atoms with E-state index in [4.69, 9.17) is 0 Å². The van der Waals surface area contributed by atoms with Gasteiger partial charge in [-0.15, -0.1) is 0 Å². The molecule has 2 atom stereocenters. The van der Waals surface area contributed by atoms with Gasteiger partial charge in [0, 0.05) is 30.4 Å². The maximum atomic E-state index is 13.0. The Morgan fingerprint density at radius 1 is 1.27 bits per heavy atom.